The van der Waals surface area contributed by atoms with Gasteiger partial charge in [-0.05, 0) is 6.07 Å². The van der Waals surface area contributed by atoms with Gasteiger partial charge in [-0.15, -0.1) is 10.2 Å². The number of nitriles is 1. The monoisotopic (exact) mass is 328 g/mol. The second-order valence-electron chi connectivity index (χ2n) is 4.58. The van der Waals surface area contributed by atoms with E-state index in [4.69, 9.17) is 5.26 Å². The van der Waals surface area contributed by atoms with Crippen molar-refractivity contribution >= 4 is 39.8 Å². The van der Waals surface area contributed by atoms with Gasteiger partial charge in [0.25, 0.3) is 0 Å². The van der Waals surface area contributed by atoms with Crippen LogP contribution in [0.25, 0.3) is 10.9 Å². The predicted octanol–water partition coefficient (Wildman–Crippen LogP) is 3.38. The molecule has 0 aliphatic carbocycles. The largest absolute Gasteiger partial charge is 0.346 e. The van der Waals surface area contributed by atoms with Gasteiger partial charge in [-0.2, -0.15) is 5.26 Å². The molecular formula is C15H12N4OS2. The Bertz CT molecular complexity index is 833. The summed E-state index contributed by atoms with van der Waals surface area (Å²) in [6.07, 6.45) is 2.27. The summed E-state index contributed by atoms with van der Waals surface area (Å²) in [6.45, 7) is 0.591. The molecule has 0 fully saturated rings. The van der Waals surface area contributed by atoms with Gasteiger partial charge in [0.05, 0.1) is 18.2 Å². The minimum Gasteiger partial charge on any atom is -0.346 e. The Labute approximate surface area is 135 Å². The molecule has 3 aromatic rings. The van der Waals surface area contributed by atoms with Crippen LogP contribution in [-0.2, 0) is 6.54 Å². The second kappa shape index (κ2) is 6.73. The van der Waals surface area contributed by atoms with Gasteiger partial charge in [0.1, 0.15) is 5.51 Å². The van der Waals surface area contributed by atoms with Crippen LogP contribution < -0.4 is 0 Å². The van der Waals surface area contributed by atoms with Crippen LogP contribution in [0.4, 0.5) is 0 Å². The van der Waals surface area contributed by atoms with Gasteiger partial charge in [0.2, 0.25) is 0 Å². The molecule has 110 valence electrons. The maximum absolute atomic E-state index is 12.5. The minimum absolute atomic E-state index is 0.0621. The van der Waals surface area contributed by atoms with Gasteiger partial charge in [-0.1, -0.05) is 41.3 Å². The molecule has 2 heterocycles. The van der Waals surface area contributed by atoms with Gasteiger partial charge < -0.3 is 4.57 Å². The lowest BCUT2D eigenvalue weighted by atomic mass is 10.1. The first kappa shape index (κ1) is 14.8. The molecule has 0 atom stereocenters. The molecule has 3 rings (SSSR count). The molecule has 22 heavy (non-hydrogen) atoms. The van der Waals surface area contributed by atoms with Crippen molar-refractivity contribution in [2.75, 3.05) is 5.75 Å². The highest BCUT2D eigenvalue weighted by Crippen LogP contribution is 2.25. The summed E-state index contributed by atoms with van der Waals surface area (Å²) >= 11 is 2.83. The van der Waals surface area contributed by atoms with E-state index in [0.717, 1.165) is 15.2 Å². The quantitative estimate of drug-likeness (QED) is 0.512. The molecule has 5 nitrogen and oxygen atoms in total. The molecule has 0 saturated heterocycles. The molecule has 0 amide bonds. The van der Waals surface area contributed by atoms with E-state index in [-0.39, 0.29) is 5.78 Å². The fourth-order valence-electron chi connectivity index (χ4n) is 2.26. The van der Waals surface area contributed by atoms with Gasteiger partial charge in [-0.25, -0.2) is 0 Å². The van der Waals surface area contributed by atoms with Crippen LogP contribution >= 0.6 is 23.1 Å². The zero-order valence-electron chi connectivity index (χ0n) is 11.6. The molecule has 7 heteroatoms. The molecule has 0 unspecified atom stereocenters. The lowest BCUT2D eigenvalue weighted by Gasteiger charge is -2.00. The average molecular weight is 328 g/mol. The third-order valence-electron chi connectivity index (χ3n) is 3.22. The Morgan fingerprint density at radius 3 is 3.05 bits per heavy atom. The first-order valence-electron chi connectivity index (χ1n) is 6.66. The average Bonchev–Trinajstić information content (AvgIpc) is 3.18. The molecule has 0 saturated carbocycles. The maximum atomic E-state index is 12.5. The Morgan fingerprint density at radius 1 is 1.41 bits per heavy atom. The number of fused-ring (bicyclic) bond motifs is 1. The first-order chi connectivity index (χ1) is 10.8. The lowest BCUT2D eigenvalue weighted by molar-refractivity contribution is 0.102. The van der Waals surface area contributed by atoms with Crippen molar-refractivity contribution in [3.05, 3.63) is 41.5 Å². The summed E-state index contributed by atoms with van der Waals surface area (Å²) in [4.78, 5) is 12.5. The van der Waals surface area contributed by atoms with E-state index >= 15 is 0 Å². The number of hydrogen-bond donors (Lipinski definition) is 0. The number of aromatic nitrogens is 3. The fraction of sp³-hybridized carbons (Fsp3) is 0.200. The van der Waals surface area contributed by atoms with Gasteiger partial charge in [0, 0.05) is 29.2 Å². The second-order valence-corrected chi connectivity index (χ2v) is 6.63. The number of Topliss-reactive ketones (excluding diaryl/α,β-unsaturated/α-hetero) is 1. The molecule has 0 spiro atoms. The normalized spacial score (nSPS) is 10.7. The molecular weight excluding hydrogens is 316 g/mol. The summed E-state index contributed by atoms with van der Waals surface area (Å²) in [5, 5.41) is 17.4. The predicted molar refractivity (Wildman–Crippen MR) is 87.1 cm³/mol. The van der Waals surface area contributed by atoms with Crippen molar-refractivity contribution < 1.29 is 4.79 Å². The zero-order valence-corrected chi connectivity index (χ0v) is 13.2. The highest BCUT2D eigenvalue weighted by molar-refractivity contribution is 8.01. The van der Waals surface area contributed by atoms with Crippen molar-refractivity contribution in [1.29, 1.82) is 5.26 Å². The summed E-state index contributed by atoms with van der Waals surface area (Å²) in [6, 6.07) is 9.92. The lowest BCUT2D eigenvalue weighted by Crippen LogP contribution is -2.02. The molecule has 0 aliphatic heterocycles. The summed E-state index contributed by atoms with van der Waals surface area (Å²) < 4.78 is 2.77. The number of nitrogens with zero attached hydrogens (tertiary/aromatic N) is 4. The molecule has 1 aromatic carbocycles. The van der Waals surface area contributed by atoms with Crippen molar-refractivity contribution in [2.24, 2.45) is 0 Å². The number of carbonyl (C=O) groups is 1. The molecule has 0 bridgehead atoms. The van der Waals surface area contributed by atoms with E-state index in [0.29, 0.717) is 24.3 Å². The number of aryl methyl sites for hydroxylation is 1. The van der Waals surface area contributed by atoms with Crippen LogP contribution in [-0.4, -0.2) is 26.3 Å². The molecule has 0 radical (unpaired) electrons. The zero-order chi connectivity index (χ0) is 15.4. The Kier molecular flexibility index (Phi) is 4.51. The van der Waals surface area contributed by atoms with Crippen LogP contribution in [0.3, 0.4) is 0 Å². The highest BCUT2D eigenvalue weighted by Gasteiger charge is 2.15. The standard InChI is InChI=1S/C15H12N4OS2/c16-6-3-7-19-8-12(11-4-1-2-5-13(11)19)14(20)9-21-15-18-17-10-22-15/h1-2,4-5,8,10H,3,7,9H2. The van der Waals surface area contributed by atoms with Crippen LogP contribution in [0, 0.1) is 11.3 Å². The number of benzene rings is 1. The van der Waals surface area contributed by atoms with E-state index in [1.165, 1.54) is 23.1 Å². The fourth-order valence-corrected chi connectivity index (χ4v) is 3.63. The Morgan fingerprint density at radius 2 is 2.27 bits per heavy atom. The number of ketones is 1. The minimum atomic E-state index is 0.0621. The summed E-state index contributed by atoms with van der Waals surface area (Å²) in [5.41, 5.74) is 3.34. The highest BCUT2D eigenvalue weighted by atomic mass is 32.2. The van der Waals surface area contributed by atoms with Gasteiger partial charge >= 0.3 is 0 Å². The van der Waals surface area contributed by atoms with E-state index < -0.39 is 0 Å². The number of hydrogen-bond acceptors (Lipinski definition) is 6. The smallest absolute Gasteiger partial charge is 0.175 e. The van der Waals surface area contributed by atoms with E-state index in [1.54, 1.807) is 5.51 Å². The topological polar surface area (TPSA) is 71.6 Å². The van der Waals surface area contributed by atoms with Crippen molar-refractivity contribution in [2.45, 2.75) is 17.3 Å². The van der Waals surface area contributed by atoms with Crippen molar-refractivity contribution in [3.8, 4) is 6.07 Å². The van der Waals surface area contributed by atoms with Crippen molar-refractivity contribution in [3.63, 3.8) is 0 Å². The Balaban J connectivity index is 1.86. The third-order valence-corrected chi connectivity index (χ3v) is 5.08. The van der Waals surface area contributed by atoms with Crippen molar-refractivity contribution in [1.82, 2.24) is 14.8 Å². The molecule has 0 N–H and O–H groups in total. The third kappa shape index (κ3) is 3.03. The number of rotatable bonds is 6. The van der Waals surface area contributed by atoms with Crippen LogP contribution in [0.15, 0.2) is 40.3 Å². The van der Waals surface area contributed by atoms with Gasteiger partial charge in [0.15, 0.2) is 10.1 Å². The first-order valence-corrected chi connectivity index (χ1v) is 8.53. The summed E-state index contributed by atoms with van der Waals surface area (Å²) in [7, 11) is 0. The summed E-state index contributed by atoms with van der Waals surface area (Å²) in [5.74, 6) is 0.397. The molecule has 2 aromatic heterocycles. The van der Waals surface area contributed by atoms with Crippen LogP contribution in [0.5, 0.6) is 0 Å². The van der Waals surface area contributed by atoms with E-state index in [2.05, 4.69) is 16.3 Å². The number of para-hydroxylation sites is 1. The number of thioether (sulfide) groups is 1. The number of carbonyl (C=O) groups excluding carboxylic acids is 1. The molecule has 0 aliphatic rings. The maximum Gasteiger partial charge on any atom is 0.175 e. The SMILES string of the molecule is N#CCCn1cc(C(=O)CSc2nncs2)c2ccccc21. The van der Waals surface area contributed by atoms with Crippen LogP contribution in [0.1, 0.15) is 16.8 Å². The van der Waals surface area contributed by atoms with E-state index in [1.807, 2.05) is 35.0 Å². The van der Waals surface area contributed by atoms with Gasteiger partial charge in [-0.3, -0.25) is 4.79 Å². The van der Waals surface area contributed by atoms with E-state index in [9.17, 15) is 4.79 Å². The van der Waals surface area contributed by atoms with Crippen LogP contribution in [0.2, 0.25) is 0 Å². The Hall–Kier alpha value is -2.17.